The van der Waals surface area contributed by atoms with Gasteiger partial charge in [-0.05, 0) is 54.7 Å². The molecule has 0 aliphatic carbocycles. The number of sulfonamides is 1. The fourth-order valence-electron chi connectivity index (χ4n) is 3.57. The molecule has 0 heterocycles. The first-order valence-corrected chi connectivity index (χ1v) is 13.4. The summed E-state index contributed by atoms with van der Waals surface area (Å²) in [6.45, 7) is 9.78. The second-order valence-corrected chi connectivity index (χ2v) is 11.4. The van der Waals surface area contributed by atoms with Gasteiger partial charge in [0.15, 0.2) is 0 Å². The van der Waals surface area contributed by atoms with Crippen molar-refractivity contribution in [3.63, 3.8) is 0 Å². The monoisotopic (exact) mass is 503 g/mol. The van der Waals surface area contributed by atoms with Crippen LogP contribution in [0, 0.1) is 0 Å². The van der Waals surface area contributed by atoms with Gasteiger partial charge in [-0.2, -0.15) is 0 Å². The molecule has 0 unspecified atom stereocenters. The SMILES string of the molecule is CCNC(=O)[C@@H](C)N(Cc1ccc(OC)cc1)C(=O)CN(c1ccc(C(C)(C)C)cc1)S(C)(=O)=O. The third-order valence-corrected chi connectivity index (χ3v) is 6.87. The van der Waals surface area contributed by atoms with Gasteiger partial charge in [0.05, 0.1) is 19.1 Å². The van der Waals surface area contributed by atoms with Crippen molar-refractivity contribution in [2.24, 2.45) is 0 Å². The number of methoxy groups -OCH3 is 1. The summed E-state index contributed by atoms with van der Waals surface area (Å²) < 4.78 is 31.6. The maximum atomic E-state index is 13.5. The van der Waals surface area contributed by atoms with E-state index in [0.29, 0.717) is 18.0 Å². The second kappa shape index (κ2) is 11.6. The van der Waals surface area contributed by atoms with Crippen LogP contribution in [0.5, 0.6) is 5.75 Å². The fourth-order valence-corrected chi connectivity index (χ4v) is 4.42. The normalized spacial score (nSPS) is 12.5. The number of ether oxygens (including phenoxy) is 1. The summed E-state index contributed by atoms with van der Waals surface area (Å²) in [4.78, 5) is 27.5. The number of nitrogens with zero attached hydrogens (tertiary/aromatic N) is 2. The van der Waals surface area contributed by atoms with Crippen molar-refractivity contribution in [3.8, 4) is 5.75 Å². The van der Waals surface area contributed by atoms with Gasteiger partial charge in [-0.1, -0.05) is 45.0 Å². The largest absolute Gasteiger partial charge is 0.497 e. The summed E-state index contributed by atoms with van der Waals surface area (Å²) in [5, 5.41) is 2.74. The van der Waals surface area contributed by atoms with Crippen LogP contribution >= 0.6 is 0 Å². The van der Waals surface area contributed by atoms with Crippen molar-refractivity contribution in [1.82, 2.24) is 10.2 Å². The van der Waals surface area contributed by atoms with Gasteiger partial charge in [0, 0.05) is 13.1 Å². The maximum Gasteiger partial charge on any atom is 0.244 e. The molecule has 0 aromatic heterocycles. The Labute approximate surface area is 209 Å². The summed E-state index contributed by atoms with van der Waals surface area (Å²) in [5.41, 5.74) is 2.13. The van der Waals surface area contributed by atoms with E-state index >= 15 is 0 Å². The summed E-state index contributed by atoms with van der Waals surface area (Å²) in [6, 6.07) is 13.5. The van der Waals surface area contributed by atoms with Crippen LogP contribution in [0.2, 0.25) is 0 Å². The minimum absolute atomic E-state index is 0.0957. The molecule has 2 aromatic carbocycles. The summed E-state index contributed by atoms with van der Waals surface area (Å²) in [6.07, 6.45) is 1.07. The molecule has 2 rings (SSSR count). The third-order valence-electron chi connectivity index (χ3n) is 5.73. The smallest absolute Gasteiger partial charge is 0.244 e. The van der Waals surface area contributed by atoms with Crippen LogP contribution in [-0.2, 0) is 31.6 Å². The topological polar surface area (TPSA) is 96.0 Å². The predicted octanol–water partition coefficient (Wildman–Crippen LogP) is 3.31. The molecule has 2 amide bonds. The number of hydrogen-bond donors (Lipinski definition) is 1. The van der Waals surface area contributed by atoms with Crippen LogP contribution in [0.1, 0.15) is 45.7 Å². The van der Waals surface area contributed by atoms with E-state index in [2.05, 4.69) is 26.1 Å². The lowest BCUT2D eigenvalue weighted by atomic mass is 9.87. The Balaban J connectivity index is 2.38. The zero-order chi connectivity index (χ0) is 26.4. The first-order valence-electron chi connectivity index (χ1n) is 11.6. The zero-order valence-corrected chi connectivity index (χ0v) is 22.5. The standard InChI is InChI=1S/C26H37N3O5S/c1-8-27-25(31)19(2)28(17-20-9-15-23(34-6)16-10-20)24(30)18-29(35(7,32)33)22-13-11-21(12-14-22)26(3,4)5/h9-16,19H,8,17-18H2,1-7H3,(H,27,31)/t19-/m1/s1. The molecule has 0 bridgehead atoms. The van der Waals surface area contributed by atoms with Crippen molar-refractivity contribution in [2.45, 2.75) is 52.6 Å². The van der Waals surface area contributed by atoms with Crippen LogP contribution in [0.4, 0.5) is 5.69 Å². The number of anilines is 1. The first-order chi connectivity index (χ1) is 16.3. The van der Waals surface area contributed by atoms with E-state index in [1.165, 1.54) is 4.90 Å². The number of hydrogen-bond acceptors (Lipinski definition) is 5. The van der Waals surface area contributed by atoms with E-state index in [-0.39, 0.29) is 17.9 Å². The van der Waals surface area contributed by atoms with Crippen LogP contribution in [0.25, 0.3) is 0 Å². The Hall–Kier alpha value is -3.07. The molecular formula is C26H37N3O5S. The predicted molar refractivity (Wildman–Crippen MR) is 139 cm³/mol. The van der Waals surface area contributed by atoms with Crippen LogP contribution in [0.15, 0.2) is 48.5 Å². The first kappa shape index (κ1) is 28.2. The van der Waals surface area contributed by atoms with Gasteiger partial charge in [0.25, 0.3) is 0 Å². The number of likely N-dealkylation sites (N-methyl/N-ethyl adjacent to an activating group) is 1. The molecule has 0 fully saturated rings. The highest BCUT2D eigenvalue weighted by Gasteiger charge is 2.30. The average molecular weight is 504 g/mol. The molecule has 2 aromatic rings. The summed E-state index contributed by atoms with van der Waals surface area (Å²) in [5.74, 6) is -0.120. The van der Waals surface area contributed by atoms with Crippen molar-refractivity contribution in [3.05, 3.63) is 59.7 Å². The number of amides is 2. The number of carbonyl (C=O) groups excluding carboxylic acids is 2. The highest BCUT2D eigenvalue weighted by molar-refractivity contribution is 7.92. The quantitative estimate of drug-likeness (QED) is 0.537. The highest BCUT2D eigenvalue weighted by Crippen LogP contribution is 2.26. The molecule has 8 nitrogen and oxygen atoms in total. The molecule has 0 saturated carbocycles. The van der Waals surface area contributed by atoms with Crippen molar-refractivity contribution in [1.29, 1.82) is 0 Å². The van der Waals surface area contributed by atoms with E-state index in [1.807, 2.05) is 24.3 Å². The Morgan fingerprint density at radius 1 is 1.03 bits per heavy atom. The fraction of sp³-hybridized carbons (Fsp3) is 0.462. The van der Waals surface area contributed by atoms with Gasteiger partial charge in [0.1, 0.15) is 18.3 Å². The Kier molecular flexibility index (Phi) is 9.31. The average Bonchev–Trinajstić information content (AvgIpc) is 2.79. The molecule has 0 saturated heterocycles. The van der Waals surface area contributed by atoms with Crippen molar-refractivity contribution in [2.75, 3.05) is 30.8 Å². The van der Waals surface area contributed by atoms with Crippen LogP contribution < -0.4 is 14.4 Å². The molecular weight excluding hydrogens is 466 g/mol. The van der Waals surface area contributed by atoms with Gasteiger partial charge in [-0.25, -0.2) is 8.42 Å². The number of carbonyl (C=O) groups is 2. The molecule has 0 aliphatic heterocycles. The van der Waals surface area contributed by atoms with E-state index < -0.39 is 28.5 Å². The Morgan fingerprint density at radius 2 is 1.60 bits per heavy atom. The van der Waals surface area contributed by atoms with Gasteiger partial charge >= 0.3 is 0 Å². The zero-order valence-electron chi connectivity index (χ0n) is 21.7. The number of rotatable bonds is 10. The Bertz CT molecular complexity index is 1110. The minimum Gasteiger partial charge on any atom is -0.497 e. The van der Waals surface area contributed by atoms with E-state index in [1.54, 1.807) is 45.2 Å². The number of benzene rings is 2. The van der Waals surface area contributed by atoms with Crippen molar-refractivity contribution < 1.29 is 22.7 Å². The molecule has 0 radical (unpaired) electrons. The molecule has 1 atom stereocenters. The molecule has 192 valence electrons. The minimum atomic E-state index is -3.76. The molecule has 0 spiro atoms. The lowest BCUT2D eigenvalue weighted by Crippen LogP contribution is -2.51. The van der Waals surface area contributed by atoms with Crippen LogP contribution in [-0.4, -0.2) is 57.6 Å². The second-order valence-electron chi connectivity index (χ2n) is 9.51. The Morgan fingerprint density at radius 3 is 2.06 bits per heavy atom. The van der Waals surface area contributed by atoms with Crippen molar-refractivity contribution >= 4 is 27.5 Å². The lowest BCUT2D eigenvalue weighted by Gasteiger charge is -2.31. The summed E-state index contributed by atoms with van der Waals surface area (Å²) in [7, 11) is -2.20. The molecule has 0 aliphatic rings. The lowest BCUT2D eigenvalue weighted by molar-refractivity contribution is -0.139. The van der Waals surface area contributed by atoms with Gasteiger partial charge in [0.2, 0.25) is 21.8 Å². The van der Waals surface area contributed by atoms with E-state index in [9.17, 15) is 18.0 Å². The molecule has 9 heteroatoms. The van der Waals surface area contributed by atoms with Gasteiger partial charge in [-0.3, -0.25) is 13.9 Å². The van der Waals surface area contributed by atoms with Gasteiger partial charge in [-0.15, -0.1) is 0 Å². The van der Waals surface area contributed by atoms with E-state index in [0.717, 1.165) is 21.7 Å². The van der Waals surface area contributed by atoms with E-state index in [4.69, 9.17) is 4.74 Å². The molecule has 1 N–H and O–H groups in total. The van der Waals surface area contributed by atoms with Crippen LogP contribution in [0.3, 0.4) is 0 Å². The number of nitrogens with one attached hydrogen (secondary N) is 1. The summed E-state index contributed by atoms with van der Waals surface area (Å²) >= 11 is 0. The highest BCUT2D eigenvalue weighted by atomic mass is 32.2. The maximum absolute atomic E-state index is 13.5. The third kappa shape index (κ3) is 7.71. The molecule has 35 heavy (non-hydrogen) atoms. The van der Waals surface area contributed by atoms with Gasteiger partial charge < -0.3 is 15.0 Å².